The Hall–Kier alpha value is -3.16. The minimum absolute atomic E-state index is 0.0673. The molecule has 31 heavy (non-hydrogen) atoms. The SMILES string of the molecule is COC(=O)c1ccc(N=Cc2cn(CC(=O)N3CCOCC3)c3ccccc23)cc1Cl. The van der Waals surface area contributed by atoms with Crippen LogP contribution in [0.25, 0.3) is 10.9 Å². The monoisotopic (exact) mass is 439 g/mol. The first-order valence-electron chi connectivity index (χ1n) is 9.92. The number of aromatic nitrogens is 1. The maximum absolute atomic E-state index is 12.7. The molecule has 0 unspecified atom stereocenters. The van der Waals surface area contributed by atoms with Gasteiger partial charge in [-0.2, -0.15) is 0 Å². The van der Waals surface area contributed by atoms with Gasteiger partial charge in [0.15, 0.2) is 0 Å². The van der Waals surface area contributed by atoms with Crippen LogP contribution in [-0.2, 0) is 20.8 Å². The second kappa shape index (κ2) is 9.32. The number of rotatable bonds is 5. The molecule has 0 aliphatic carbocycles. The van der Waals surface area contributed by atoms with Crippen LogP contribution in [-0.4, -0.2) is 61.0 Å². The van der Waals surface area contributed by atoms with E-state index in [1.807, 2.05) is 39.9 Å². The summed E-state index contributed by atoms with van der Waals surface area (Å²) in [5.41, 5.74) is 2.75. The van der Waals surface area contributed by atoms with Crippen LogP contribution in [0.4, 0.5) is 5.69 Å². The maximum Gasteiger partial charge on any atom is 0.339 e. The molecule has 1 amide bonds. The first-order valence-corrected chi connectivity index (χ1v) is 10.3. The minimum Gasteiger partial charge on any atom is -0.465 e. The molecule has 0 atom stereocenters. The average Bonchev–Trinajstić information content (AvgIpc) is 3.15. The highest BCUT2D eigenvalue weighted by Crippen LogP contribution is 2.25. The first kappa shape index (κ1) is 21.1. The highest BCUT2D eigenvalue weighted by atomic mass is 35.5. The van der Waals surface area contributed by atoms with E-state index in [1.165, 1.54) is 7.11 Å². The number of para-hydroxylation sites is 1. The van der Waals surface area contributed by atoms with E-state index in [4.69, 9.17) is 21.1 Å². The van der Waals surface area contributed by atoms with E-state index in [0.29, 0.717) is 37.6 Å². The molecule has 160 valence electrons. The summed E-state index contributed by atoms with van der Waals surface area (Å²) in [7, 11) is 1.31. The summed E-state index contributed by atoms with van der Waals surface area (Å²) in [6, 6.07) is 12.8. The van der Waals surface area contributed by atoms with E-state index < -0.39 is 5.97 Å². The molecule has 1 saturated heterocycles. The minimum atomic E-state index is -0.492. The number of morpholine rings is 1. The lowest BCUT2D eigenvalue weighted by Gasteiger charge is -2.27. The highest BCUT2D eigenvalue weighted by Gasteiger charge is 2.18. The third kappa shape index (κ3) is 4.62. The van der Waals surface area contributed by atoms with Gasteiger partial charge in [-0.15, -0.1) is 0 Å². The average molecular weight is 440 g/mol. The van der Waals surface area contributed by atoms with Crippen LogP contribution in [0, 0.1) is 0 Å². The van der Waals surface area contributed by atoms with Crippen LogP contribution in [0.2, 0.25) is 5.02 Å². The lowest BCUT2D eigenvalue weighted by atomic mass is 10.2. The molecular formula is C23H22ClN3O4. The molecule has 1 aromatic heterocycles. The topological polar surface area (TPSA) is 73.1 Å². The number of hydrogen-bond donors (Lipinski definition) is 0. The second-order valence-corrected chi connectivity index (χ2v) is 7.54. The number of benzene rings is 2. The van der Waals surface area contributed by atoms with Crippen molar-refractivity contribution in [1.82, 2.24) is 9.47 Å². The van der Waals surface area contributed by atoms with Crippen LogP contribution in [0.3, 0.4) is 0 Å². The van der Waals surface area contributed by atoms with Gasteiger partial charge in [0, 0.05) is 42.0 Å². The largest absolute Gasteiger partial charge is 0.465 e. The normalized spacial score (nSPS) is 14.3. The zero-order chi connectivity index (χ0) is 21.8. The van der Waals surface area contributed by atoms with Gasteiger partial charge in [0.25, 0.3) is 0 Å². The Balaban J connectivity index is 1.59. The lowest BCUT2D eigenvalue weighted by molar-refractivity contribution is -0.135. The highest BCUT2D eigenvalue weighted by molar-refractivity contribution is 6.33. The summed E-state index contributed by atoms with van der Waals surface area (Å²) >= 11 is 6.19. The van der Waals surface area contributed by atoms with Crippen LogP contribution in [0.15, 0.2) is 53.7 Å². The van der Waals surface area contributed by atoms with Crippen molar-refractivity contribution in [3.05, 3.63) is 64.8 Å². The summed E-state index contributed by atoms with van der Waals surface area (Å²) in [6.07, 6.45) is 3.67. The Kier molecular flexibility index (Phi) is 6.34. The van der Waals surface area contributed by atoms with Gasteiger partial charge in [0.2, 0.25) is 5.91 Å². The van der Waals surface area contributed by atoms with Crippen molar-refractivity contribution in [2.75, 3.05) is 33.4 Å². The van der Waals surface area contributed by atoms with Crippen molar-refractivity contribution >= 4 is 46.3 Å². The number of amides is 1. The fraction of sp³-hybridized carbons (Fsp3) is 0.261. The molecule has 0 saturated carbocycles. The standard InChI is InChI=1S/C23H22ClN3O4/c1-30-23(29)19-7-6-17(12-20(19)24)25-13-16-14-27(21-5-3-2-4-18(16)21)15-22(28)26-8-10-31-11-9-26/h2-7,12-14H,8-11,15H2,1H3. The van der Waals surface area contributed by atoms with Gasteiger partial charge in [-0.25, -0.2) is 4.79 Å². The van der Waals surface area contributed by atoms with Gasteiger partial charge < -0.3 is 18.9 Å². The molecule has 8 heteroatoms. The van der Waals surface area contributed by atoms with Crippen molar-refractivity contribution in [3.8, 4) is 0 Å². The van der Waals surface area contributed by atoms with Crippen LogP contribution in [0.1, 0.15) is 15.9 Å². The molecule has 1 aliphatic rings. The number of carbonyl (C=O) groups is 2. The molecular weight excluding hydrogens is 418 g/mol. The van der Waals surface area contributed by atoms with Crippen molar-refractivity contribution < 1.29 is 19.1 Å². The number of ether oxygens (including phenoxy) is 2. The Morgan fingerprint density at radius 1 is 1.19 bits per heavy atom. The van der Waals surface area contributed by atoms with E-state index in [1.54, 1.807) is 24.4 Å². The van der Waals surface area contributed by atoms with Crippen LogP contribution < -0.4 is 0 Å². The molecule has 7 nitrogen and oxygen atoms in total. The predicted octanol–water partition coefficient (Wildman–Crippen LogP) is 3.69. The van der Waals surface area contributed by atoms with Gasteiger partial charge in [-0.3, -0.25) is 9.79 Å². The van der Waals surface area contributed by atoms with E-state index in [2.05, 4.69) is 4.99 Å². The number of aliphatic imine (C=N–C) groups is 1. The molecule has 0 radical (unpaired) electrons. The number of nitrogens with zero attached hydrogens (tertiary/aromatic N) is 3. The molecule has 1 fully saturated rings. The van der Waals surface area contributed by atoms with Crippen molar-refractivity contribution in [3.63, 3.8) is 0 Å². The quantitative estimate of drug-likeness (QED) is 0.449. The molecule has 0 N–H and O–H groups in total. The maximum atomic E-state index is 12.7. The summed E-state index contributed by atoms with van der Waals surface area (Å²) in [5.74, 6) is -0.425. The Morgan fingerprint density at radius 2 is 1.97 bits per heavy atom. The zero-order valence-electron chi connectivity index (χ0n) is 17.1. The molecule has 0 bridgehead atoms. The van der Waals surface area contributed by atoms with Crippen molar-refractivity contribution in [2.24, 2.45) is 4.99 Å². The van der Waals surface area contributed by atoms with Gasteiger partial charge in [0.05, 0.1) is 36.6 Å². The molecule has 3 aromatic rings. The van der Waals surface area contributed by atoms with Crippen LogP contribution in [0.5, 0.6) is 0 Å². The van der Waals surface area contributed by atoms with Crippen molar-refractivity contribution in [2.45, 2.75) is 6.54 Å². The van der Waals surface area contributed by atoms with Gasteiger partial charge >= 0.3 is 5.97 Å². The Morgan fingerprint density at radius 3 is 2.71 bits per heavy atom. The zero-order valence-corrected chi connectivity index (χ0v) is 17.8. The van der Waals surface area contributed by atoms with E-state index in [-0.39, 0.29) is 17.5 Å². The first-order chi connectivity index (χ1) is 15.1. The van der Waals surface area contributed by atoms with Gasteiger partial charge in [-0.05, 0) is 24.3 Å². The smallest absolute Gasteiger partial charge is 0.339 e. The summed E-state index contributed by atoms with van der Waals surface area (Å²) < 4.78 is 12.0. The van der Waals surface area contributed by atoms with E-state index >= 15 is 0 Å². The third-order valence-electron chi connectivity index (χ3n) is 5.20. The number of halogens is 1. The number of carbonyl (C=O) groups excluding carboxylic acids is 2. The summed E-state index contributed by atoms with van der Waals surface area (Å²) in [4.78, 5) is 30.7. The fourth-order valence-corrected chi connectivity index (χ4v) is 3.82. The molecule has 4 rings (SSSR count). The number of methoxy groups -OCH3 is 1. The third-order valence-corrected chi connectivity index (χ3v) is 5.51. The number of hydrogen-bond acceptors (Lipinski definition) is 5. The summed E-state index contributed by atoms with van der Waals surface area (Å²) in [5, 5.41) is 1.28. The molecule has 1 aliphatic heterocycles. The molecule has 2 heterocycles. The fourth-order valence-electron chi connectivity index (χ4n) is 3.57. The van der Waals surface area contributed by atoms with Crippen LogP contribution >= 0.6 is 11.6 Å². The second-order valence-electron chi connectivity index (χ2n) is 7.14. The van der Waals surface area contributed by atoms with E-state index in [9.17, 15) is 9.59 Å². The number of fused-ring (bicyclic) bond motifs is 1. The Bertz CT molecular complexity index is 1150. The Labute approximate surface area is 184 Å². The van der Waals surface area contributed by atoms with Gasteiger partial charge in [0.1, 0.15) is 6.54 Å². The number of esters is 1. The van der Waals surface area contributed by atoms with E-state index in [0.717, 1.165) is 16.5 Å². The molecule has 0 spiro atoms. The summed E-state index contributed by atoms with van der Waals surface area (Å²) in [6.45, 7) is 2.65. The van der Waals surface area contributed by atoms with Gasteiger partial charge in [-0.1, -0.05) is 29.8 Å². The lowest BCUT2D eigenvalue weighted by Crippen LogP contribution is -2.42. The predicted molar refractivity (Wildman–Crippen MR) is 119 cm³/mol. The van der Waals surface area contributed by atoms with Crippen molar-refractivity contribution in [1.29, 1.82) is 0 Å². The molecule has 2 aromatic carbocycles.